The summed E-state index contributed by atoms with van der Waals surface area (Å²) in [4.78, 5) is 35.1. The molecule has 0 unspecified atom stereocenters. The quantitative estimate of drug-likeness (QED) is 0.689. The second-order valence-electron chi connectivity index (χ2n) is 5.34. The Hall–Kier alpha value is -2.58. The van der Waals surface area contributed by atoms with E-state index in [1.165, 1.54) is 6.92 Å². The van der Waals surface area contributed by atoms with Gasteiger partial charge in [0.05, 0.1) is 12.1 Å². The monoisotopic (exact) mass is 359 g/mol. The highest BCUT2D eigenvalue weighted by atomic mass is 19.4. The molecule has 0 aliphatic carbocycles. The molecule has 25 heavy (non-hydrogen) atoms. The summed E-state index contributed by atoms with van der Waals surface area (Å²) in [5.41, 5.74) is -0.872. The average Bonchev–Trinajstić information content (AvgIpc) is 2.56. The topological polar surface area (TPSA) is 87.3 Å². The second kappa shape index (κ2) is 9.05. The van der Waals surface area contributed by atoms with Gasteiger partial charge in [0.2, 0.25) is 11.8 Å². The van der Waals surface area contributed by atoms with Gasteiger partial charge in [-0.05, 0) is 37.6 Å². The number of benzene rings is 1. The minimum absolute atomic E-state index is 0.00506. The molecular weight excluding hydrogens is 339 g/mol. The molecule has 9 heteroatoms. The smallest absolute Gasteiger partial charge is 0.354 e. The first-order chi connectivity index (χ1) is 11.6. The molecule has 3 N–H and O–H groups in total. The van der Waals surface area contributed by atoms with Crippen molar-refractivity contribution in [3.8, 4) is 0 Å². The fraction of sp³-hybridized carbons (Fsp3) is 0.438. The van der Waals surface area contributed by atoms with E-state index < -0.39 is 36.1 Å². The van der Waals surface area contributed by atoms with E-state index in [0.717, 1.165) is 30.7 Å². The summed E-state index contributed by atoms with van der Waals surface area (Å²) in [5.74, 6) is -1.62. The number of rotatable bonds is 7. The maximum atomic E-state index is 12.5. The van der Waals surface area contributed by atoms with Crippen molar-refractivity contribution in [2.24, 2.45) is 0 Å². The Balaban J connectivity index is 2.48. The third kappa shape index (κ3) is 6.82. The zero-order valence-corrected chi connectivity index (χ0v) is 13.9. The zero-order chi connectivity index (χ0) is 19.0. The summed E-state index contributed by atoms with van der Waals surface area (Å²) in [7, 11) is 0. The minimum atomic E-state index is -4.48. The molecule has 0 saturated heterocycles. The van der Waals surface area contributed by atoms with Crippen LogP contribution in [0, 0.1) is 0 Å². The number of carbonyl (C=O) groups excluding carboxylic acids is 3. The lowest BCUT2D eigenvalue weighted by Crippen LogP contribution is -2.48. The molecular formula is C16H20F3N3O3. The molecule has 0 radical (unpaired) electrons. The third-order valence-corrected chi connectivity index (χ3v) is 3.20. The SMILES string of the molecule is CCCNC(=O)[C@@H](C)NC(=O)CNC(=O)c1ccc(C(F)(F)F)cc1. The van der Waals surface area contributed by atoms with Gasteiger partial charge in [0, 0.05) is 12.1 Å². The van der Waals surface area contributed by atoms with Gasteiger partial charge in [-0.15, -0.1) is 0 Å². The van der Waals surface area contributed by atoms with Crippen molar-refractivity contribution in [1.82, 2.24) is 16.0 Å². The molecule has 0 aliphatic rings. The van der Waals surface area contributed by atoms with E-state index in [1.54, 1.807) is 0 Å². The molecule has 1 rings (SSSR count). The third-order valence-electron chi connectivity index (χ3n) is 3.20. The molecule has 1 aromatic rings. The van der Waals surface area contributed by atoms with Crippen LogP contribution in [0.5, 0.6) is 0 Å². The van der Waals surface area contributed by atoms with E-state index in [0.29, 0.717) is 6.54 Å². The molecule has 6 nitrogen and oxygen atoms in total. The molecule has 1 aromatic carbocycles. The molecule has 0 aliphatic heterocycles. The van der Waals surface area contributed by atoms with Gasteiger partial charge in [-0.3, -0.25) is 14.4 Å². The van der Waals surface area contributed by atoms with E-state index >= 15 is 0 Å². The normalized spacial score (nSPS) is 12.2. The van der Waals surface area contributed by atoms with Gasteiger partial charge in [-0.2, -0.15) is 13.2 Å². The van der Waals surface area contributed by atoms with Crippen LogP contribution in [0.25, 0.3) is 0 Å². The Bertz CT molecular complexity index is 615. The van der Waals surface area contributed by atoms with Crippen LogP contribution in [-0.2, 0) is 15.8 Å². The highest BCUT2D eigenvalue weighted by molar-refractivity contribution is 5.97. The zero-order valence-electron chi connectivity index (χ0n) is 13.9. The second-order valence-corrected chi connectivity index (χ2v) is 5.34. The molecule has 1 atom stereocenters. The number of alkyl halides is 3. The number of halogens is 3. The van der Waals surface area contributed by atoms with Crippen LogP contribution in [0.2, 0.25) is 0 Å². The first kappa shape index (κ1) is 20.5. The van der Waals surface area contributed by atoms with Gasteiger partial charge in [0.1, 0.15) is 6.04 Å². The molecule has 0 aromatic heterocycles. The number of amides is 3. The number of nitrogens with one attached hydrogen (secondary N) is 3. The van der Waals surface area contributed by atoms with Gasteiger partial charge >= 0.3 is 6.18 Å². The summed E-state index contributed by atoms with van der Waals surface area (Å²) in [6, 6.07) is 2.86. The minimum Gasteiger partial charge on any atom is -0.354 e. The van der Waals surface area contributed by atoms with Crippen molar-refractivity contribution in [1.29, 1.82) is 0 Å². The van der Waals surface area contributed by atoms with Crippen LogP contribution in [0.1, 0.15) is 36.2 Å². The lowest BCUT2D eigenvalue weighted by Gasteiger charge is -2.14. The first-order valence-corrected chi connectivity index (χ1v) is 7.67. The largest absolute Gasteiger partial charge is 0.416 e. The van der Waals surface area contributed by atoms with Crippen molar-refractivity contribution >= 4 is 17.7 Å². The van der Waals surface area contributed by atoms with Crippen molar-refractivity contribution in [3.63, 3.8) is 0 Å². The van der Waals surface area contributed by atoms with Gasteiger partial charge < -0.3 is 16.0 Å². The summed E-state index contributed by atoms with van der Waals surface area (Å²) in [6.45, 7) is 3.48. The maximum absolute atomic E-state index is 12.5. The fourth-order valence-electron chi connectivity index (χ4n) is 1.83. The Morgan fingerprint density at radius 2 is 1.68 bits per heavy atom. The number of hydrogen-bond donors (Lipinski definition) is 3. The van der Waals surface area contributed by atoms with Gasteiger partial charge in [0.25, 0.3) is 5.91 Å². The van der Waals surface area contributed by atoms with Crippen LogP contribution in [0.15, 0.2) is 24.3 Å². The van der Waals surface area contributed by atoms with Crippen LogP contribution in [0.4, 0.5) is 13.2 Å². The molecule has 0 saturated carbocycles. The standard InChI is InChI=1S/C16H20F3N3O3/c1-3-8-20-14(24)10(2)22-13(23)9-21-15(25)11-4-6-12(7-5-11)16(17,18)19/h4-7,10H,3,8-9H2,1-2H3,(H,20,24)(H,21,25)(H,22,23)/t10-/m1/s1. The van der Waals surface area contributed by atoms with Crippen LogP contribution < -0.4 is 16.0 Å². The predicted molar refractivity (Wildman–Crippen MR) is 84.7 cm³/mol. The Kier molecular flexibility index (Phi) is 7.41. The maximum Gasteiger partial charge on any atom is 0.416 e. The predicted octanol–water partition coefficient (Wildman–Crippen LogP) is 1.47. The fourth-order valence-corrected chi connectivity index (χ4v) is 1.83. The summed E-state index contributed by atoms with van der Waals surface area (Å²) < 4.78 is 37.4. The van der Waals surface area contributed by atoms with Crippen LogP contribution in [0.3, 0.4) is 0 Å². The molecule has 0 spiro atoms. The molecule has 138 valence electrons. The lowest BCUT2D eigenvalue weighted by atomic mass is 10.1. The molecule has 0 fully saturated rings. The van der Waals surface area contributed by atoms with E-state index in [1.807, 2.05) is 6.92 Å². The first-order valence-electron chi connectivity index (χ1n) is 7.67. The summed E-state index contributed by atoms with van der Waals surface area (Å²) in [5, 5.41) is 7.30. The Morgan fingerprint density at radius 3 is 2.20 bits per heavy atom. The average molecular weight is 359 g/mol. The number of carbonyl (C=O) groups is 3. The van der Waals surface area contributed by atoms with Crippen molar-refractivity contribution in [2.75, 3.05) is 13.1 Å². The molecule has 0 bridgehead atoms. The summed E-state index contributed by atoms with van der Waals surface area (Å²) >= 11 is 0. The van der Waals surface area contributed by atoms with Crippen molar-refractivity contribution in [3.05, 3.63) is 35.4 Å². The van der Waals surface area contributed by atoms with E-state index in [4.69, 9.17) is 0 Å². The number of hydrogen-bond acceptors (Lipinski definition) is 3. The van der Waals surface area contributed by atoms with Crippen molar-refractivity contribution in [2.45, 2.75) is 32.5 Å². The van der Waals surface area contributed by atoms with E-state index in [-0.39, 0.29) is 11.5 Å². The lowest BCUT2D eigenvalue weighted by molar-refractivity contribution is -0.137. The molecule has 0 heterocycles. The van der Waals surface area contributed by atoms with Gasteiger partial charge in [0.15, 0.2) is 0 Å². The van der Waals surface area contributed by atoms with Crippen LogP contribution >= 0.6 is 0 Å². The van der Waals surface area contributed by atoms with E-state index in [2.05, 4.69) is 16.0 Å². The molecule has 3 amide bonds. The van der Waals surface area contributed by atoms with E-state index in [9.17, 15) is 27.6 Å². The van der Waals surface area contributed by atoms with Gasteiger partial charge in [-0.1, -0.05) is 6.92 Å². The Morgan fingerprint density at radius 1 is 1.08 bits per heavy atom. The van der Waals surface area contributed by atoms with Crippen molar-refractivity contribution < 1.29 is 27.6 Å². The Labute approximate surface area is 143 Å². The van der Waals surface area contributed by atoms with Crippen LogP contribution in [-0.4, -0.2) is 36.9 Å². The highest BCUT2D eigenvalue weighted by Crippen LogP contribution is 2.28. The highest BCUT2D eigenvalue weighted by Gasteiger charge is 2.30. The van der Waals surface area contributed by atoms with Gasteiger partial charge in [-0.25, -0.2) is 0 Å². The summed E-state index contributed by atoms with van der Waals surface area (Å²) in [6.07, 6.45) is -3.72.